The van der Waals surface area contributed by atoms with Crippen LogP contribution in [0.25, 0.3) is 0 Å². The number of hydrogen-bond donors (Lipinski definition) is 1. The second kappa shape index (κ2) is 19.1. The summed E-state index contributed by atoms with van der Waals surface area (Å²) in [6.45, 7) is 16.2. The molecule has 0 rings (SSSR count). The Morgan fingerprint density at radius 3 is 1.56 bits per heavy atom. The van der Waals surface area contributed by atoms with Gasteiger partial charge in [-0.05, 0) is 19.1 Å². The van der Waals surface area contributed by atoms with E-state index < -0.39 is 5.97 Å². The van der Waals surface area contributed by atoms with Crippen LogP contribution in [0.3, 0.4) is 0 Å². The molecule has 3 nitrogen and oxygen atoms in total. The Morgan fingerprint density at radius 2 is 1.56 bits per heavy atom. The quantitative estimate of drug-likeness (QED) is 0.631. The van der Waals surface area contributed by atoms with Crippen LogP contribution < -0.4 is 0 Å². The molecule has 0 fully saturated rings. The van der Waals surface area contributed by atoms with Gasteiger partial charge in [-0.3, -0.25) is 0 Å². The first-order valence-corrected chi connectivity index (χ1v) is 5.61. The molecule has 0 spiro atoms. The van der Waals surface area contributed by atoms with Gasteiger partial charge in [-0.25, -0.2) is 11.4 Å². The molecule has 1 radical (unpaired) electrons. The van der Waals surface area contributed by atoms with Crippen LogP contribution in [0.4, 0.5) is 0 Å². The first-order valence-electron chi connectivity index (χ1n) is 5.61. The molecule has 0 aromatic rings. The number of carbonyl (C=O) groups excluding carboxylic acids is 1. The Labute approximate surface area is 137 Å². The summed E-state index contributed by atoms with van der Waals surface area (Å²) in [6.07, 6.45) is 4.29. The molecule has 0 aliphatic heterocycles. The molecule has 0 unspecified atom stereocenters. The van der Waals surface area contributed by atoms with Gasteiger partial charge in [0.1, 0.15) is 0 Å². The first-order chi connectivity index (χ1) is 7.68. The molecule has 0 atom stereocenters. The summed E-state index contributed by atoms with van der Waals surface area (Å²) in [5.74, 6) is -0.0370. The van der Waals surface area contributed by atoms with Gasteiger partial charge in [0.05, 0.1) is 0 Å². The minimum absolute atomic E-state index is 0. The van der Waals surface area contributed by atoms with E-state index in [4.69, 9.17) is 5.11 Å². The number of allylic oxidation sites excluding steroid dienone is 1. The Morgan fingerprint density at radius 1 is 1.28 bits per heavy atom. The molecule has 0 bridgehead atoms. The van der Waals surface area contributed by atoms with Crippen LogP contribution in [0, 0.1) is 5.92 Å². The molecule has 103 valence electrons. The molecule has 0 aliphatic carbocycles. The van der Waals surface area contributed by atoms with Crippen LogP contribution in [0.2, 0.25) is 0 Å². The summed E-state index contributed by atoms with van der Waals surface area (Å²) in [5, 5.41) is 7.89. The van der Waals surface area contributed by atoms with E-state index in [0.29, 0.717) is 5.57 Å². The second-order valence-electron chi connectivity index (χ2n) is 4.15. The van der Waals surface area contributed by atoms with Crippen LogP contribution in [0.5, 0.6) is 0 Å². The zero-order valence-electron chi connectivity index (χ0n) is 12.2. The van der Waals surface area contributed by atoms with Crippen molar-refractivity contribution in [1.82, 2.24) is 0 Å². The second-order valence-corrected chi connectivity index (χ2v) is 4.15. The summed E-state index contributed by atoms with van der Waals surface area (Å²) in [6, 6.07) is 0. The van der Waals surface area contributed by atoms with E-state index in [1.165, 1.54) is 19.8 Å². The number of carboxylic acids is 1. The van der Waals surface area contributed by atoms with Gasteiger partial charge in [0.25, 0.3) is 0 Å². The molecule has 1 N–H and O–H groups in total. The molecule has 18 heavy (non-hydrogen) atoms. The Balaban J connectivity index is -0.0000000799. The monoisotopic (exact) mass is 330 g/mol. The maximum atomic E-state index is 9.60. The van der Waals surface area contributed by atoms with Crippen molar-refractivity contribution in [3.05, 3.63) is 24.3 Å². The predicted molar refractivity (Wildman–Crippen MR) is 72.7 cm³/mol. The molecular weight excluding hydrogens is 305 g/mol. The fourth-order valence-electron chi connectivity index (χ4n) is 0.577. The fourth-order valence-corrected chi connectivity index (χ4v) is 0.577. The molecule has 0 heterocycles. The number of carbonyl (C=O) groups is 1. The average Bonchev–Trinajstić information content (AvgIpc) is 2.19. The van der Waals surface area contributed by atoms with Crippen molar-refractivity contribution in [2.75, 3.05) is 0 Å². The number of carboxylic acid groups (broad SMARTS) is 1. The van der Waals surface area contributed by atoms with Crippen molar-refractivity contribution in [2.45, 2.75) is 47.5 Å². The summed E-state index contributed by atoms with van der Waals surface area (Å²) < 4.78 is 0. The molecular formula is C14H25O3Y-. The third-order valence-corrected chi connectivity index (χ3v) is 1.41. The van der Waals surface area contributed by atoms with Crippen molar-refractivity contribution in [2.24, 2.45) is 5.92 Å². The molecule has 0 saturated heterocycles. The topological polar surface area (TPSA) is 54.4 Å². The first kappa shape index (κ1) is 26.3. The average molecular weight is 330 g/mol. The third kappa shape index (κ3) is 44.8. The Kier molecular flexibility index (Phi) is 27.9. The number of aliphatic carboxylic acids is 1. The van der Waals surface area contributed by atoms with Crippen molar-refractivity contribution in [3.63, 3.8) is 0 Å². The van der Waals surface area contributed by atoms with Crippen molar-refractivity contribution in [3.8, 4) is 0 Å². The van der Waals surface area contributed by atoms with E-state index in [9.17, 15) is 9.59 Å². The van der Waals surface area contributed by atoms with Crippen molar-refractivity contribution >= 4 is 12.3 Å². The van der Waals surface area contributed by atoms with E-state index in [1.807, 2.05) is 0 Å². The largest absolute Gasteiger partial charge is 0.478 e. The molecule has 4 heteroatoms. The van der Waals surface area contributed by atoms with Gasteiger partial charge in [-0.2, -0.15) is 5.57 Å². The van der Waals surface area contributed by atoms with Gasteiger partial charge in [-0.1, -0.05) is 47.1 Å². The minimum atomic E-state index is -0.935. The van der Waals surface area contributed by atoms with Gasteiger partial charge in [0, 0.05) is 38.3 Å². The SMILES string of the molecule is C=C(C)C(=O)O.C=C(C)[C-]=O.CCCC(C)C.[Y]. The van der Waals surface area contributed by atoms with Gasteiger partial charge >= 0.3 is 5.97 Å². The van der Waals surface area contributed by atoms with Crippen molar-refractivity contribution in [1.29, 1.82) is 0 Å². The Hall–Kier alpha value is -0.276. The molecule has 0 amide bonds. The zero-order valence-corrected chi connectivity index (χ0v) is 15.1. The predicted octanol–water partition coefficient (Wildman–Crippen LogP) is 3.76. The van der Waals surface area contributed by atoms with Crippen LogP contribution in [0.1, 0.15) is 47.5 Å². The van der Waals surface area contributed by atoms with E-state index in [-0.39, 0.29) is 38.3 Å². The van der Waals surface area contributed by atoms with E-state index in [0.717, 1.165) is 5.92 Å². The van der Waals surface area contributed by atoms with Gasteiger partial charge in [0.2, 0.25) is 0 Å². The smallest absolute Gasteiger partial charge is 0.330 e. The summed E-state index contributed by atoms with van der Waals surface area (Å²) >= 11 is 0. The van der Waals surface area contributed by atoms with E-state index in [1.54, 1.807) is 13.2 Å². The van der Waals surface area contributed by atoms with E-state index >= 15 is 0 Å². The fraction of sp³-hybridized carbons (Fsp3) is 0.571. The van der Waals surface area contributed by atoms with Crippen molar-refractivity contribution < 1.29 is 47.4 Å². The number of hydrogen-bond acceptors (Lipinski definition) is 2. The standard InChI is InChI=1S/C6H14.C4H6O2.C4H5O.Y/c1-4-5-6(2)3;1-3(2)4(5)6;1-4(2)3-5;/h6H,4-5H2,1-3H3;1H2,2H3,(H,5,6);1H2,2H3;/q;;-1;. The Bertz CT molecular complexity index is 233. The van der Waals surface area contributed by atoms with Gasteiger partial charge in [-0.15, -0.1) is 0 Å². The zero-order chi connectivity index (χ0) is 14.4. The molecule has 0 aromatic carbocycles. The number of rotatable bonds is 4. The van der Waals surface area contributed by atoms with Gasteiger partial charge in [0.15, 0.2) is 0 Å². The third-order valence-electron chi connectivity index (χ3n) is 1.41. The molecule has 0 saturated carbocycles. The van der Waals surface area contributed by atoms with Gasteiger partial charge < -0.3 is 9.90 Å². The van der Waals surface area contributed by atoms with E-state index in [2.05, 4.69) is 33.9 Å². The van der Waals surface area contributed by atoms with Crippen LogP contribution >= 0.6 is 0 Å². The maximum absolute atomic E-state index is 9.60. The maximum Gasteiger partial charge on any atom is 0.330 e. The van der Waals surface area contributed by atoms with Crippen LogP contribution in [0.15, 0.2) is 24.3 Å². The molecule has 0 aliphatic rings. The summed E-state index contributed by atoms with van der Waals surface area (Å²) in [5.41, 5.74) is 0.625. The normalized spacial score (nSPS) is 7.67. The summed E-state index contributed by atoms with van der Waals surface area (Å²) in [7, 11) is 0. The summed E-state index contributed by atoms with van der Waals surface area (Å²) in [4.78, 5) is 18.9. The molecule has 0 aromatic heterocycles. The minimum Gasteiger partial charge on any atom is -0.478 e. The van der Waals surface area contributed by atoms with Crippen LogP contribution in [-0.4, -0.2) is 17.4 Å². The van der Waals surface area contributed by atoms with Crippen LogP contribution in [-0.2, 0) is 42.3 Å².